The number of nitrogens with zero attached hydrogens (tertiary/aromatic N) is 4. The number of nitrogens with one attached hydrogen (secondary N) is 1. The highest BCUT2D eigenvalue weighted by Gasteiger charge is 2.50. The van der Waals surface area contributed by atoms with Crippen LogP contribution < -0.4 is 11.1 Å². The van der Waals surface area contributed by atoms with Crippen LogP contribution in [0.15, 0.2) is 48.8 Å². The second-order valence-electron chi connectivity index (χ2n) is 9.51. The normalized spacial score (nSPS) is 24.6. The van der Waals surface area contributed by atoms with Gasteiger partial charge >= 0.3 is 0 Å². The summed E-state index contributed by atoms with van der Waals surface area (Å²) >= 11 is 0. The molecule has 1 saturated carbocycles. The fraction of sp³-hybridized carbons (Fsp3) is 0.360. The molecule has 5 N–H and O–H groups in total. The summed E-state index contributed by atoms with van der Waals surface area (Å²) in [6, 6.07) is 13.5. The van der Waals surface area contributed by atoms with Crippen LogP contribution in [0.2, 0.25) is 0 Å². The van der Waals surface area contributed by atoms with Crippen LogP contribution in [0, 0.1) is 5.41 Å². The maximum absolute atomic E-state index is 11.3. The number of nitrogens with two attached hydrogens (primary N) is 1. The smallest absolute Gasteiger partial charge is 0.222 e. The van der Waals surface area contributed by atoms with Crippen LogP contribution >= 0.6 is 0 Å². The number of amides is 1. The maximum Gasteiger partial charge on any atom is 0.222 e. The Kier molecular flexibility index (Phi) is 5.45. The molecule has 9 heteroatoms. The average molecular weight is 461 g/mol. The van der Waals surface area contributed by atoms with E-state index in [2.05, 4.69) is 26.4 Å². The number of pyridine rings is 1. The highest BCUT2D eigenvalue weighted by atomic mass is 16.3. The predicted molar refractivity (Wildman–Crippen MR) is 129 cm³/mol. The first kappa shape index (κ1) is 22.2. The first-order valence-corrected chi connectivity index (χ1v) is 11.4. The highest BCUT2D eigenvalue weighted by Crippen LogP contribution is 2.49. The Bertz CT molecular complexity index is 1390. The van der Waals surface area contributed by atoms with Crippen LogP contribution in [0.1, 0.15) is 43.9 Å². The number of benzene rings is 1. The SMILES string of the molecule is CC(=O)Nc1ccc2ccc(CC[C@@]3(C)C[C@@H](c4ccc5c(N)ncnn45)[C@H](O)[C@@H]3O)cc2n1. The van der Waals surface area contributed by atoms with Gasteiger partial charge in [0.15, 0.2) is 5.82 Å². The summed E-state index contributed by atoms with van der Waals surface area (Å²) in [6.07, 6.45) is 1.65. The Labute approximate surface area is 196 Å². The van der Waals surface area contributed by atoms with Crippen molar-refractivity contribution in [1.82, 2.24) is 19.6 Å². The molecule has 1 amide bonds. The Morgan fingerprint density at radius 2 is 2.03 bits per heavy atom. The molecule has 0 radical (unpaired) electrons. The fourth-order valence-corrected chi connectivity index (χ4v) is 5.16. The molecule has 1 fully saturated rings. The summed E-state index contributed by atoms with van der Waals surface area (Å²) in [5.41, 5.74) is 8.87. The van der Waals surface area contributed by atoms with Crippen molar-refractivity contribution in [2.45, 2.75) is 51.2 Å². The van der Waals surface area contributed by atoms with Crippen molar-refractivity contribution in [2.24, 2.45) is 5.41 Å². The number of hydrogen-bond donors (Lipinski definition) is 4. The Morgan fingerprint density at radius 3 is 2.82 bits per heavy atom. The second kappa shape index (κ2) is 8.34. The van der Waals surface area contributed by atoms with Gasteiger partial charge in [-0.15, -0.1) is 0 Å². The summed E-state index contributed by atoms with van der Waals surface area (Å²) < 4.78 is 1.70. The van der Waals surface area contributed by atoms with Crippen molar-refractivity contribution >= 4 is 34.0 Å². The minimum Gasteiger partial charge on any atom is -0.390 e. The van der Waals surface area contributed by atoms with Crippen LogP contribution in [-0.4, -0.2) is 47.9 Å². The van der Waals surface area contributed by atoms with Crippen LogP contribution in [-0.2, 0) is 11.2 Å². The van der Waals surface area contributed by atoms with Gasteiger partial charge in [0.1, 0.15) is 17.7 Å². The fourth-order valence-electron chi connectivity index (χ4n) is 5.16. The van der Waals surface area contributed by atoms with Crippen LogP contribution in [0.25, 0.3) is 16.4 Å². The van der Waals surface area contributed by atoms with E-state index in [9.17, 15) is 15.0 Å². The zero-order chi connectivity index (χ0) is 24.0. The first-order chi connectivity index (χ1) is 16.2. The zero-order valence-corrected chi connectivity index (χ0v) is 19.1. The number of carbonyl (C=O) groups excluding carboxylic acids is 1. The number of carbonyl (C=O) groups is 1. The number of aryl methyl sites for hydroxylation is 1. The molecule has 3 aromatic heterocycles. The van der Waals surface area contributed by atoms with E-state index in [1.54, 1.807) is 10.6 Å². The molecule has 5 rings (SSSR count). The van der Waals surface area contributed by atoms with E-state index in [4.69, 9.17) is 5.73 Å². The van der Waals surface area contributed by atoms with Gasteiger partial charge in [0.05, 0.1) is 17.7 Å². The van der Waals surface area contributed by atoms with Gasteiger partial charge in [-0.3, -0.25) is 4.79 Å². The van der Waals surface area contributed by atoms with E-state index in [1.807, 2.05) is 37.3 Å². The molecule has 34 heavy (non-hydrogen) atoms. The molecule has 1 aromatic carbocycles. The molecule has 1 aliphatic carbocycles. The number of aliphatic hydroxyl groups excluding tert-OH is 2. The predicted octanol–water partition coefficient (Wildman–Crippen LogP) is 2.67. The van der Waals surface area contributed by atoms with E-state index >= 15 is 0 Å². The van der Waals surface area contributed by atoms with Gasteiger partial charge in [-0.2, -0.15) is 5.10 Å². The lowest BCUT2D eigenvalue weighted by atomic mass is 9.80. The lowest BCUT2D eigenvalue weighted by Gasteiger charge is -2.28. The summed E-state index contributed by atoms with van der Waals surface area (Å²) in [5, 5.41) is 30.0. The second-order valence-corrected chi connectivity index (χ2v) is 9.51. The lowest BCUT2D eigenvalue weighted by Crippen LogP contribution is -2.34. The van der Waals surface area contributed by atoms with Crippen molar-refractivity contribution in [2.75, 3.05) is 11.1 Å². The molecular weight excluding hydrogens is 432 g/mol. The minimum absolute atomic E-state index is 0.163. The van der Waals surface area contributed by atoms with E-state index in [0.717, 1.165) is 28.6 Å². The zero-order valence-electron chi connectivity index (χ0n) is 19.1. The lowest BCUT2D eigenvalue weighted by molar-refractivity contribution is -0.114. The number of aromatic nitrogens is 4. The molecule has 3 heterocycles. The number of nitrogen functional groups attached to an aromatic ring is 1. The van der Waals surface area contributed by atoms with Gasteiger partial charge in [0.25, 0.3) is 0 Å². The number of aliphatic hydroxyl groups is 2. The molecular formula is C25H28N6O3. The average Bonchev–Trinajstić information content (AvgIpc) is 3.33. The standard InChI is InChI=1S/C25H28N6O3/c1-14(32)29-21-8-5-16-4-3-15(11-18(16)30-21)9-10-25(2)12-17(22(33)23(25)34)19-6-7-20-24(26)27-13-28-31(19)20/h3-8,11,13,17,22-23,33-34H,9-10,12H2,1-2H3,(H2,26,27,28)(H,29,30,32)/t17-,22-,23-,25-/m0/s1. The van der Waals surface area contributed by atoms with Crippen LogP contribution in [0.3, 0.4) is 0 Å². The van der Waals surface area contributed by atoms with Crippen molar-refractivity contribution in [1.29, 1.82) is 0 Å². The monoisotopic (exact) mass is 460 g/mol. The molecule has 0 saturated heterocycles. The largest absolute Gasteiger partial charge is 0.390 e. The Morgan fingerprint density at radius 1 is 1.24 bits per heavy atom. The van der Waals surface area contributed by atoms with Crippen LogP contribution in [0.4, 0.5) is 11.6 Å². The van der Waals surface area contributed by atoms with Gasteiger partial charge in [0.2, 0.25) is 5.91 Å². The van der Waals surface area contributed by atoms with Gasteiger partial charge in [-0.05, 0) is 60.6 Å². The molecule has 0 aliphatic heterocycles. The molecule has 4 atom stereocenters. The molecule has 0 bridgehead atoms. The number of hydrogen-bond acceptors (Lipinski definition) is 7. The van der Waals surface area contributed by atoms with Gasteiger partial charge in [-0.25, -0.2) is 14.5 Å². The number of anilines is 2. The molecule has 9 nitrogen and oxygen atoms in total. The molecule has 1 aliphatic rings. The summed E-state index contributed by atoms with van der Waals surface area (Å²) in [4.78, 5) is 19.9. The third-order valence-corrected chi connectivity index (χ3v) is 7.07. The quantitative estimate of drug-likeness (QED) is 0.359. The van der Waals surface area contributed by atoms with E-state index in [1.165, 1.54) is 13.3 Å². The van der Waals surface area contributed by atoms with E-state index in [0.29, 0.717) is 30.0 Å². The number of fused-ring (bicyclic) bond motifs is 2. The molecule has 0 spiro atoms. The third-order valence-electron chi connectivity index (χ3n) is 7.07. The van der Waals surface area contributed by atoms with E-state index in [-0.39, 0.29) is 11.8 Å². The topological polar surface area (TPSA) is 139 Å². The van der Waals surface area contributed by atoms with Crippen molar-refractivity contribution < 1.29 is 15.0 Å². The molecule has 4 aromatic rings. The van der Waals surface area contributed by atoms with E-state index < -0.39 is 17.6 Å². The minimum atomic E-state index is -0.905. The van der Waals surface area contributed by atoms with Gasteiger partial charge in [-0.1, -0.05) is 19.1 Å². The van der Waals surface area contributed by atoms with Crippen molar-refractivity contribution in [3.8, 4) is 0 Å². The highest BCUT2D eigenvalue weighted by molar-refractivity contribution is 5.89. The van der Waals surface area contributed by atoms with Gasteiger partial charge in [0, 0.05) is 23.9 Å². The number of rotatable bonds is 5. The van der Waals surface area contributed by atoms with Crippen LogP contribution in [0.5, 0.6) is 0 Å². The molecule has 176 valence electrons. The molecule has 0 unspecified atom stereocenters. The van der Waals surface area contributed by atoms with Crippen molar-refractivity contribution in [3.05, 3.63) is 60.0 Å². The third kappa shape index (κ3) is 3.86. The Hall–Kier alpha value is -3.56. The summed E-state index contributed by atoms with van der Waals surface area (Å²) in [6.45, 7) is 3.48. The maximum atomic E-state index is 11.3. The Balaban J connectivity index is 1.36. The summed E-state index contributed by atoms with van der Waals surface area (Å²) in [7, 11) is 0. The van der Waals surface area contributed by atoms with Crippen molar-refractivity contribution in [3.63, 3.8) is 0 Å². The van der Waals surface area contributed by atoms with Gasteiger partial charge < -0.3 is 21.3 Å². The first-order valence-electron chi connectivity index (χ1n) is 11.4. The summed E-state index contributed by atoms with van der Waals surface area (Å²) in [5.74, 6) is 0.466.